The van der Waals surface area contributed by atoms with E-state index in [1.54, 1.807) is 0 Å². The van der Waals surface area contributed by atoms with Crippen LogP contribution in [-0.2, 0) is 14.3 Å². The van der Waals surface area contributed by atoms with Gasteiger partial charge < -0.3 is 19.7 Å². The van der Waals surface area contributed by atoms with Gasteiger partial charge in [-0.05, 0) is 51.4 Å². The van der Waals surface area contributed by atoms with E-state index >= 15 is 0 Å². The molecule has 0 aromatic heterocycles. The molecule has 1 aliphatic rings. The van der Waals surface area contributed by atoms with Gasteiger partial charge in [-0.3, -0.25) is 4.79 Å². The van der Waals surface area contributed by atoms with Crippen molar-refractivity contribution >= 4 is 5.97 Å². The molecule has 5 nitrogen and oxygen atoms in total. The molecule has 0 saturated carbocycles. The molecule has 0 aromatic carbocycles. The van der Waals surface area contributed by atoms with Gasteiger partial charge in [0.1, 0.15) is 0 Å². The van der Waals surface area contributed by atoms with Crippen LogP contribution in [0.15, 0.2) is 12.2 Å². The minimum atomic E-state index is -0.966. The molecule has 0 aromatic rings. The average molecular weight is 455 g/mol. The number of carboxylic acids is 1. The quantitative estimate of drug-likeness (QED) is 0.142. The van der Waals surface area contributed by atoms with Crippen molar-refractivity contribution in [1.82, 2.24) is 0 Å². The summed E-state index contributed by atoms with van der Waals surface area (Å²) in [6, 6.07) is 0. The summed E-state index contributed by atoms with van der Waals surface area (Å²) in [5.74, 6) is -0.966. The summed E-state index contributed by atoms with van der Waals surface area (Å²) in [7, 11) is 0. The third-order valence-corrected chi connectivity index (χ3v) is 6.22. The summed E-state index contributed by atoms with van der Waals surface area (Å²) in [5, 5.41) is 18.9. The van der Waals surface area contributed by atoms with Crippen LogP contribution in [0.4, 0.5) is 0 Å². The van der Waals surface area contributed by atoms with Crippen LogP contribution in [0, 0.1) is 0 Å². The Labute approximate surface area is 197 Å². The number of allylic oxidation sites excluding steroid dienone is 2. The normalized spacial score (nSPS) is 18.8. The summed E-state index contributed by atoms with van der Waals surface area (Å²) >= 11 is 0. The molecule has 1 fully saturated rings. The fourth-order valence-electron chi connectivity index (χ4n) is 4.31. The Hall–Kier alpha value is -0.910. The first-order valence-electron chi connectivity index (χ1n) is 13.4. The summed E-state index contributed by atoms with van der Waals surface area (Å²) in [5.41, 5.74) is 0. The van der Waals surface area contributed by atoms with Crippen LogP contribution in [-0.4, -0.2) is 41.3 Å². The second-order valence-corrected chi connectivity index (χ2v) is 9.41. The number of hydrogen-bond acceptors (Lipinski definition) is 4. The summed E-state index contributed by atoms with van der Waals surface area (Å²) in [4.78, 5) is 10.9. The monoisotopic (exact) mass is 454 g/mol. The van der Waals surface area contributed by atoms with E-state index in [0.29, 0.717) is 6.42 Å². The number of aliphatic hydroxyl groups excluding tert-OH is 1. The van der Waals surface area contributed by atoms with Crippen molar-refractivity contribution in [3.8, 4) is 0 Å². The van der Waals surface area contributed by atoms with Crippen LogP contribution in [0.5, 0.6) is 0 Å². The van der Waals surface area contributed by atoms with Crippen LogP contribution >= 0.6 is 0 Å². The first-order valence-corrected chi connectivity index (χ1v) is 13.4. The van der Waals surface area contributed by atoms with Crippen molar-refractivity contribution in [2.45, 2.75) is 147 Å². The van der Waals surface area contributed by atoms with E-state index in [9.17, 15) is 9.90 Å². The third-order valence-electron chi connectivity index (χ3n) is 6.22. The number of aliphatic hydroxyl groups is 1. The smallest absolute Gasteiger partial charge is 0.305 e. The van der Waals surface area contributed by atoms with E-state index < -0.39 is 12.1 Å². The van der Waals surface area contributed by atoms with Crippen LogP contribution in [0.1, 0.15) is 129 Å². The molecule has 0 spiro atoms. The minimum absolute atomic E-state index is 0.127. The van der Waals surface area contributed by atoms with Crippen LogP contribution in [0.3, 0.4) is 0 Å². The van der Waals surface area contributed by atoms with Crippen LogP contribution in [0.25, 0.3) is 0 Å². The molecule has 1 unspecified atom stereocenters. The maximum absolute atomic E-state index is 10.9. The lowest BCUT2D eigenvalue weighted by Gasteiger charge is -2.29. The summed E-state index contributed by atoms with van der Waals surface area (Å²) < 4.78 is 11.8. The minimum Gasteiger partial charge on any atom is -0.481 e. The van der Waals surface area contributed by atoms with Gasteiger partial charge in [-0.25, -0.2) is 0 Å². The van der Waals surface area contributed by atoms with Crippen molar-refractivity contribution in [3.05, 3.63) is 12.2 Å². The molecule has 32 heavy (non-hydrogen) atoms. The highest BCUT2D eigenvalue weighted by molar-refractivity contribution is 5.67. The number of rotatable bonds is 21. The molecule has 0 aliphatic carbocycles. The number of unbranched alkanes of at least 4 members (excludes halogenated alkanes) is 11. The molecule has 2 N–H and O–H groups in total. The first-order chi connectivity index (χ1) is 15.6. The van der Waals surface area contributed by atoms with Gasteiger partial charge in [0.25, 0.3) is 0 Å². The Morgan fingerprint density at radius 3 is 2.19 bits per heavy atom. The molecule has 0 radical (unpaired) electrons. The second kappa shape index (κ2) is 20.7. The molecule has 1 saturated heterocycles. The van der Waals surface area contributed by atoms with E-state index in [2.05, 4.69) is 19.1 Å². The molecular formula is C27H50O5. The Kier molecular flexibility index (Phi) is 18.8. The van der Waals surface area contributed by atoms with Crippen molar-refractivity contribution in [3.63, 3.8) is 0 Å². The predicted molar refractivity (Wildman–Crippen MR) is 131 cm³/mol. The highest BCUT2D eigenvalue weighted by Crippen LogP contribution is 2.21. The lowest BCUT2D eigenvalue weighted by atomic mass is 10.0. The lowest BCUT2D eigenvalue weighted by molar-refractivity contribution is -0.194. The SMILES string of the molecule is CCCCCCCC/C=C\CCCCCCC[C@H](C[C@H](O)CC(=O)O)OC1CCCCO1. The Bertz CT molecular complexity index is 459. The maximum Gasteiger partial charge on any atom is 0.305 e. The molecular weight excluding hydrogens is 404 g/mol. The van der Waals surface area contributed by atoms with Crippen molar-refractivity contribution < 1.29 is 24.5 Å². The molecule has 188 valence electrons. The Balaban J connectivity index is 2.07. The molecule has 1 heterocycles. The van der Waals surface area contributed by atoms with Gasteiger partial charge in [-0.15, -0.1) is 0 Å². The molecule has 3 atom stereocenters. The number of aliphatic carboxylic acids is 1. The fraction of sp³-hybridized carbons (Fsp3) is 0.889. The number of carbonyl (C=O) groups is 1. The predicted octanol–water partition coefficient (Wildman–Crippen LogP) is 7.16. The number of ether oxygens (including phenoxy) is 2. The fourth-order valence-corrected chi connectivity index (χ4v) is 4.31. The van der Waals surface area contributed by atoms with E-state index in [0.717, 1.165) is 45.1 Å². The van der Waals surface area contributed by atoms with Crippen LogP contribution < -0.4 is 0 Å². The first kappa shape index (κ1) is 29.1. The van der Waals surface area contributed by atoms with Gasteiger partial charge in [0.15, 0.2) is 6.29 Å². The maximum atomic E-state index is 10.9. The van der Waals surface area contributed by atoms with Gasteiger partial charge in [-0.2, -0.15) is 0 Å². The van der Waals surface area contributed by atoms with E-state index in [-0.39, 0.29) is 18.8 Å². The summed E-state index contributed by atoms with van der Waals surface area (Å²) in [6.45, 7) is 2.99. The number of carboxylic acid groups (broad SMARTS) is 1. The molecule has 5 heteroatoms. The van der Waals surface area contributed by atoms with Gasteiger partial charge in [0.05, 0.1) is 18.6 Å². The van der Waals surface area contributed by atoms with E-state index in [1.165, 1.54) is 70.6 Å². The van der Waals surface area contributed by atoms with Crippen molar-refractivity contribution in [1.29, 1.82) is 0 Å². The van der Waals surface area contributed by atoms with E-state index in [4.69, 9.17) is 14.6 Å². The standard InChI is InChI=1S/C27H50O5/c1-2-3-4-5-6-7-8-9-10-11-12-13-14-15-16-19-25(22-24(28)23-26(29)30)32-27-20-17-18-21-31-27/h9-10,24-25,27-28H,2-8,11-23H2,1H3,(H,29,30)/b10-9-/t24-,25+,27?/m0/s1. The highest BCUT2D eigenvalue weighted by Gasteiger charge is 2.23. The van der Waals surface area contributed by atoms with Crippen molar-refractivity contribution in [2.24, 2.45) is 0 Å². The molecule has 0 bridgehead atoms. The Morgan fingerprint density at radius 1 is 0.969 bits per heavy atom. The lowest BCUT2D eigenvalue weighted by Crippen LogP contribution is -2.31. The van der Waals surface area contributed by atoms with E-state index in [1.807, 2.05) is 0 Å². The third kappa shape index (κ3) is 17.6. The van der Waals surface area contributed by atoms with Crippen LogP contribution in [0.2, 0.25) is 0 Å². The van der Waals surface area contributed by atoms with Gasteiger partial charge >= 0.3 is 5.97 Å². The summed E-state index contributed by atoms with van der Waals surface area (Å²) in [6.07, 6.45) is 24.1. The average Bonchev–Trinajstić information content (AvgIpc) is 2.76. The zero-order chi connectivity index (χ0) is 23.3. The second-order valence-electron chi connectivity index (χ2n) is 9.41. The number of hydrogen-bond donors (Lipinski definition) is 2. The Morgan fingerprint density at radius 2 is 1.59 bits per heavy atom. The van der Waals surface area contributed by atoms with Gasteiger partial charge in [-0.1, -0.05) is 76.9 Å². The topological polar surface area (TPSA) is 76.0 Å². The highest BCUT2D eigenvalue weighted by atomic mass is 16.7. The molecule has 1 rings (SSSR count). The van der Waals surface area contributed by atoms with Gasteiger partial charge in [0, 0.05) is 13.0 Å². The zero-order valence-corrected chi connectivity index (χ0v) is 20.6. The largest absolute Gasteiger partial charge is 0.481 e. The molecule has 0 amide bonds. The zero-order valence-electron chi connectivity index (χ0n) is 20.6. The molecule has 1 aliphatic heterocycles. The van der Waals surface area contributed by atoms with Crippen molar-refractivity contribution in [2.75, 3.05) is 6.61 Å². The van der Waals surface area contributed by atoms with Gasteiger partial charge in [0.2, 0.25) is 0 Å².